The third-order valence-corrected chi connectivity index (χ3v) is 8.54. The van der Waals surface area contributed by atoms with Crippen LogP contribution in [0.4, 0.5) is 15.8 Å². The largest absolute Gasteiger partial charge is 0.368 e. The Bertz CT molecular complexity index is 1590. The van der Waals surface area contributed by atoms with Gasteiger partial charge < -0.3 is 16.0 Å². The van der Waals surface area contributed by atoms with E-state index in [0.717, 1.165) is 12.2 Å². The lowest BCUT2D eigenvalue weighted by atomic mass is 10.0. The summed E-state index contributed by atoms with van der Waals surface area (Å²) in [5, 5.41) is 16.1. The third kappa shape index (κ3) is 6.41. The van der Waals surface area contributed by atoms with E-state index in [2.05, 4.69) is 21.4 Å². The SMILES string of the molecule is CN1CCn2nc(-c3ccc(F)c(Cl)c3)c(C(N)=O)c2C1.N#Cc1ccc(NC=O)cc1N1CCS(=O)(=O)CC1. The number of amides is 2. The van der Waals surface area contributed by atoms with E-state index in [1.54, 1.807) is 28.9 Å². The van der Waals surface area contributed by atoms with E-state index in [9.17, 15) is 22.4 Å². The zero-order chi connectivity index (χ0) is 29.0. The number of rotatable bonds is 5. The first-order valence-electron chi connectivity index (χ1n) is 12.3. The molecule has 14 heteroatoms. The smallest absolute Gasteiger partial charge is 0.252 e. The van der Waals surface area contributed by atoms with E-state index in [4.69, 9.17) is 22.6 Å². The quantitative estimate of drug-likeness (QED) is 0.431. The molecule has 0 spiro atoms. The fourth-order valence-corrected chi connectivity index (χ4v) is 5.93. The number of anilines is 2. The van der Waals surface area contributed by atoms with Gasteiger partial charge in [-0.05, 0) is 43.4 Å². The van der Waals surface area contributed by atoms with Crippen molar-refractivity contribution in [2.24, 2.45) is 5.73 Å². The summed E-state index contributed by atoms with van der Waals surface area (Å²) in [5.74, 6) is -0.876. The molecule has 5 rings (SSSR count). The van der Waals surface area contributed by atoms with Crippen molar-refractivity contribution in [2.75, 3.05) is 48.4 Å². The first-order valence-corrected chi connectivity index (χ1v) is 14.5. The van der Waals surface area contributed by atoms with Crippen LogP contribution in [0.1, 0.15) is 21.6 Å². The Balaban J connectivity index is 0.000000186. The minimum Gasteiger partial charge on any atom is -0.368 e. The molecule has 2 aliphatic heterocycles. The third-order valence-electron chi connectivity index (χ3n) is 6.64. The molecular weight excluding hydrogens is 561 g/mol. The fourth-order valence-electron chi connectivity index (χ4n) is 4.55. The molecule has 1 saturated heterocycles. The Morgan fingerprint density at radius 2 is 1.90 bits per heavy atom. The van der Waals surface area contributed by atoms with Crippen LogP contribution in [0.25, 0.3) is 11.3 Å². The molecule has 1 aromatic heterocycles. The van der Waals surface area contributed by atoms with E-state index in [-0.39, 0.29) is 16.5 Å². The number of primary amides is 1. The van der Waals surface area contributed by atoms with Gasteiger partial charge in [-0.1, -0.05) is 11.6 Å². The predicted octanol–water partition coefficient (Wildman–Crippen LogP) is 2.25. The summed E-state index contributed by atoms with van der Waals surface area (Å²) in [6, 6.07) is 11.3. The summed E-state index contributed by atoms with van der Waals surface area (Å²) in [6.07, 6.45) is 0.561. The standard InChI is InChI=1S/C14H14ClFN4O.C12H13N3O3S/c1-19-4-5-20-11(7-19)12(14(17)21)13(18-20)8-2-3-10(16)9(15)6-8;13-8-10-1-2-11(14-9-16)7-12(10)15-3-5-19(17,18)6-4-15/h2-3,6H,4-5,7H2,1H3,(H2,17,21);1-2,7,9H,3-6H2,(H,14,16). The number of halogens is 2. The van der Waals surface area contributed by atoms with Gasteiger partial charge in [-0.15, -0.1) is 0 Å². The Morgan fingerprint density at radius 3 is 2.52 bits per heavy atom. The molecule has 40 heavy (non-hydrogen) atoms. The molecular formula is C26H27ClFN7O4S. The molecule has 0 saturated carbocycles. The monoisotopic (exact) mass is 587 g/mol. The van der Waals surface area contributed by atoms with Gasteiger partial charge in [0.1, 0.15) is 17.6 Å². The fraction of sp³-hybridized carbons (Fsp3) is 0.308. The Kier molecular flexibility index (Phi) is 8.73. The van der Waals surface area contributed by atoms with Gasteiger partial charge >= 0.3 is 0 Å². The zero-order valence-electron chi connectivity index (χ0n) is 21.6. The second kappa shape index (κ2) is 12.0. The number of carbonyl (C=O) groups excluding carboxylic acids is 2. The highest BCUT2D eigenvalue weighted by Crippen LogP contribution is 2.30. The van der Waals surface area contributed by atoms with Gasteiger partial charge in [0, 0.05) is 37.4 Å². The Hall–Kier alpha value is -3.99. The highest BCUT2D eigenvalue weighted by atomic mass is 35.5. The number of nitrogens with one attached hydrogen (secondary N) is 1. The number of nitrogens with two attached hydrogens (primary N) is 1. The molecule has 2 aliphatic rings. The molecule has 11 nitrogen and oxygen atoms in total. The van der Waals surface area contributed by atoms with Gasteiger partial charge in [-0.25, -0.2) is 12.8 Å². The van der Waals surface area contributed by atoms with Crippen molar-refractivity contribution < 1.29 is 22.4 Å². The number of benzene rings is 2. The summed E-state index contributed by atoms with van der Waals surface area (Å²) in [6.45, 7) is 2.85. The van der Waals surface area contributed by atoms with Crippen molar-refractivity contribution in [3.63, 3.8) is 0 Å². The van der Waals surface area contributed by atoms with Crippen LogP contribution in [0.3, 0.4) is 0 Å². The number of nitriles is 1. The van der Waals surface area contributed by atoms with Crippen molar-refractivity contribution in [1.29, 1.82) is 5.26 Å². The number of hydrogen-bond donors (Lipinski definition) is 2. The lowest BCUT2D eigenvalue weighted by molar-refractivity contribution is -0.105. The van der Waals surface area contributed by atoms with Gasteiger partial charge in [0.25, 0.3) is 5.91 Å². The summed E-state index contributed by atoms with van der Waals surface area (Å²) in [5.41, 5.74) is 9.42. The highest BCUT2D eigenvalue weighted by molar-refractivity contribution is 7.91. The van der Waals surface area contributed by atoms with Gasteiger partial charge in [-0.2, -0.15) is 10.4 Å². The maximum atomic E-state index is 13.3. The molecule has 0 aliphatic carbocycles. The summed E-state index contributed by atoms with van der Waals surface area (Å²) < 4.78 is 37.9. The summed E-state index contributed by atoms with van der Waals surface area (Å²) >= 11 is 5.81. The van der Waals surface area contributed by atoms with E-state index in [1.807, 2.05) is 11.9 Å². The molecule has 3 heterocycles. The van der Waals surface area contributed by atoms with Gasteiger partial charge in [0.15, 0.2) is 9.84 Å². The molecule has 0 bridgehead atoms. The lowest BCUT2D eigenvalue weighted by Crippen LogP contribution is -2.40. The molecule has 3 aromatic rings. The normalized spacial score (nSPS) is 16.2. The van der Waals surface area contributed by atoms with Crippen molar-refractivity contribution in [1.82, 2.24) is 14.7 Å². The van der Waals surface area contributed by atoms with Crippen LogP contribution in [-0.2, 0) is 27.7 Å². The number of hydrogen-bond acceptors (Lipinski definition) is 8. The summed E-state index contributed by atoms with van der Waals surface area (Å²) in [7, 11) is -0.992. The van der Waals surface area contributed by atoms with Crippen molar-refractivity contribution in [3.05, 3.63) is 64.1 Å². The zero-order valence-corrected chi connectivity index (χ0v) is 23.2. The summed E-state index contributed by atoms with van der Waals surface area (Å²) in [4.78, 5) is 26.2. The maximum Gasteiger partial charge on any atom is 0.252 e. The topological polar surface area (TPSA) is 154 Å². The molecule has 2 amide bonds. The minimum atomic E-state index is -2.96. The van der Waals surface area contributed by atoms with Crippen LogP contribution < -0.4 is 16.0 Å². The molecule has 3 N–H and O–H groups in total. The molecule has 210 valence electrons. The Morgan fingerprint density at radius 1 is 1.18 bits per heavy atom. The first kappa shape index (κ1) is 29.0. The van der Waals surface area contributed by atoms with Crippen molar-refractivity contribution in [3.8, 4) is 17.3 Å². The number of aromatic nitrogens is 2. The van der Waals surface area contributed by atoms with Crippen LogP contribution >= 0.6 is 11.6 Å². The second-order valence-electron chi connectivity index (χ2n) is 9.37. The molecule has 0 unspecified atom stereocenters. The van der Waals surface area contributed by atoms with Crippen molar-refractivity contribution in [2.45, 2.75) is 13.1 Å². The first-order chi connectivity index (χ1) is 19.0. The number of fused-ring (bicyclic) bond motifs is 1. The van der Waals surface area contributed by atoms with E-state index in [0.29, 0.717) is 66.3 Å². The van der Waals surface area contributed by atoms with E-state index < -0.39 is 21.6 Å². The van der Waals surface area contributed by atoms with Gasteiger partial charge in [0.05, 0.1) is 45.6 Å². The molecule has 0 atom stereocenters. The van der Waals surface area contributed by atoms with Gasteiger partial charge in [0.2, 0.25) is 6.41 Å². The van der Waals surface area contributed by atoms with E-state index >= 15 is 0 Å². The molecule has 0 radical (unpaired) electrons. The minimum absolute atomic E-state index is 0.00832. The average molecular weight is 588 g/mol. The van der Waals surface area contributed by atoms with Crippen LogP contribution in [-0.4, -0.2) is 73.6 Å². The second-order valence-corrected chi connectivity index (χ2v) is 12.1. The molecule has 2 aromatic carbocycles. The highest BCUT2D eigenvalue weighted by Gasteiger charge is 2.27. The van der Waals surface area contributed by atoms with Gasteiger partial charge in [-0.3, -0.25) is 19.2 Å². The van der Waals surface area contributed by atoms with Crippen LogP contribution in [0.15, 0.2) is 36.4 Å². The predicted molar refractivity (Wildman–Crippen MR) is 149 cm³/mol. The van der Waals surface area contributed by atoms with Crippen LogP contribution in [0.5, 0.6) is 0 Å². The number of nitrogens with zero attached hydrogens (tertiary/aromatic N) is 5. The number of likely N-dealkylation sites (N-methyl/N-ethyl adjacent to an activating group) is 1. The number of sulfone groups is 1. The average Bonchev–Trinajstić information content (AvgIpc) is 3.30. The van der Waals surface area contributed by atoms with E-state index in [1.165, 1.54) is 12.1 Å². The van der Waals surface area contributed by atoms with Crippen molar-refractivity contribution >= 4 is 45.1 Å². The lowest BCUT2D eigenvalue weighted by Gasteiger charge is -2.29. The maximum absolute atomic E-state index is 13.3. The molecule has 1 fully saturated rings. The van der Waals surface area contributed by atoms with Crippen LogP contribution in [0.2, 0.25) is 5.02 Å². The number of carbonyl (C=O) groups is 2. The Labute approximate surface area is 235 Å². The van der Waals surface area contributed by atoms with Crippen LogP contribution in [0, 0.1) is 17.1 Å².